The van der Waals surface area contributed by atoms with Gasteiger partial charge in [-0.25, -0.2) is 17.1 Å². The lowest BCUT2D eigenvalue weighted by Crippen LogP contribution is -2.38. The van der Waals surface area contributed by atoms with Gasteiger partial charge in [0.15, 0.2) is 0 Å². The first-order valence-corrected chi connectivity index (χ1v) is 11.0. The molecule has 2 amide bonds. The van der Waals surface area contributed by atoms with E-state index >= 15 is 0 Å². The van der Waals surface area contributed by atoms with E-state index in [4.69, 9.17) is 4.74 Å². The summed E-state index contributed by atoms with van der Waals surface area (Å²) in [6.07, 6.45) is 0.567. The van der Waals surface area contributed by atoms with Gasteiger partial charge in [-0.2, -0.15) is 0 Å². The zero-order valence-electron chi connectivity index (χ0n) is 17.9. The average molecular weight is 452 g/mol. The third-order valence-corrected chi connectivity index (χ3v) is 6.26. The largest absolute Gasteiger partial charge is 0.495 e. The van der Waals surface area contributed by atoms with E-state index in [1.54, 1.807) is 24.3 Å². The molecular formula is C21H26FN3O5S. The lowest BCUT2D eigenvalue weighted by atomic mass is 10.2. The number of ether oxygens (including phenoxy) is 1. The molecule has 1 N–H and O–H groups in total. The number of amides is 2. The molecule has 0 heterocycles. The van der Waals surface area contributed by atoms with Crippen LogP contribution in [-0.2, 0) is 14.8 Å². The topological polar surface area (TPSA) is 96.0 Å². The van der Waals surface area contributed by atoms with Crippen LogP contribution in [0.1, 0.15) is 23.7 Å². The van der Waals surface area contributed by atoms with Crippen LogP contribution in [0, 0.1) is 5.82 Å². The Kier molecular flexibility index (Phi) is 8.12. The quantitative estimate of drug-likeness (QED) is 0.632. The van der Waals surface area contributed by atoms with Gasteiger partial charge in [-0.15, -0.1) is 0 Å². The number of carbonyl (C=O) groups excluding carboxylic acids is 2. The number of sulfonamides is 1. The number of benzene rings is 2. The smallest absolute Gasteiger partial charge is 0.254 e. The van der Waals surface area contributed by atoms with Crippen LogP contribution in [0.2, 0.25) is 0 Å². The van der Waals surface area contributed by atoms with E-state index in [1.165, 1.54) is 32.2 Å². The van der Waals surface area contributed by atoms with Crippen molar-refractivity contribution in [1.29, 1.82) is 0 Å². The number of hydrogen-bond acceptors (Lipinski definition) is 5. The van der Waals surface area contributed by atoms with Crippen LogP contribution in [0.4, 0.5) is 10.1 Å². The van der Waals surface area contributed by atoms with Gasteiger partial charge < -0.3 is 15.0 Å². The molecule has 0 saturated heterocycles. The summed E-state index contributed by atoms with van der Waals surface area (Å²) in [5, 5.41) is 2.70. The van der Waals surface area contributed by atoms with Gasteiger partial charge in [0.05, 0.1) is 12.8 Å². The van der Waals surface area contributed by atoms with Gasteiger partial charge in [0.1, 0.15) is 23.0 Å². The van der Waals surface area contributed by atoms with Gasteiger partial charge >= 0.3 is 0 Å². The summed E-state index contributed by atoms with van der Waals surface area (Å²) in [6.45, 7) is 1.83. The molecule has 0 bridgehead atoms. The second-order valence-electron chi connectivity index (χ2n) is 6.91. The van der Waals surface area contributed by atoms with Crippen LogP contribution >= 0.6 is 0 Å². The van der Waals surface area contributed by atoms with Crippen molar-refractivity contribution in [2.24, 2.45) is 0 Å². The van der Waals surface area contributed by atoms with E-state index < -0.39 is 32.6 Å². The molecule has 168 valence electrons. The van der Waals surface area contributed by atoms with E-state index in [0.717, 1.165) is 16.4 Å². The summed E-state index contributed by atoms with van der Waals surface area (Å²) in [6, 6.07) is 9.98. The Morgan fingerprint density at radius 1 is 1.13 bits per heavy atom. The monoisotopic (exact) mass is 451 g/mol. The van der Waals surface area contributed by atoms with Gasteiger partial charge in [-0.3, -0.25) is 9.59 Å². The van der Waals surface area contributed by atoms with Crippen molar-refractivity contribution in [3.63, 3.8) is 0 Å². The van der Waals surface area contributed by atoms with E-state index in [0.29, 0.717) is 17.9 Å². The first-order chi connectivity index (χ1) is 14.6. The molecule has 10 heteroatoms. The molecule has 0 spiro atoms. The van der Waals surface area contributed by atoms with Crippen molar-refractivity contribution < 1.29 is 27.1 Å². The molecule has 0 fully saturated rings. The highest BCUT2D eigenvalue weighted by Gasteiger charge is 2.25. The van der Waals surface area contributed by atoms with E-state index in [-0.39, 0.29) is 18.7 Å². The minimum absolute atomic E-state index is 0.0274. The molecule has 2 aromatic carbocycles. The van der Waals surface area contributed by atoms with Crippen LogP contribution in [0.5, 0.6) is 5.75 Å². The van der Waals surface area contributed by atoms with E-state index in [9.17, 15) is 22.4 Å². The van der Waals surface area contributed by atoms with Gasteiger partial charge in [0.25, 0.3) is 5.91 Å². The normalized spacial score (nSPS) is 11.3. The Labute approximate surface area is 181 Å². The zero-order valence-corrected chi connectivity index (χ0v) is 18.7. The standard InChI is InChI=1S/C21H26FN3O5S/c1-5-12-25(14-20(26)23-17-8-6-7-9-18(17)30-4)21(27)15-10-11-16(22)19(13-15)31(28,29)24(2)3/h6-11,13H,5,12,14H2,1-4H3,(H,23,26). The molecule has 0 unspecified atom stereocenters. The Morgan fingerprint density at radius 2 is 1.81 bits per heavy atom. The summed E-state index contributed by atoms with van der Waals surface area (Å²) in [4.78, 5) is 26.2. The molecular weight excluding hydrogens is 425 g/mol. The first kappa shape index (κ1) is 24.3. The minimum Gasteiger partial charge on any atom is -0.495 e. The van der Waals surface area contributed by atoms with E-state index in [1.807, 2.05) is 6.92 Å². The number of anilines is 1. The molecule has 2 rings (SSSR count). The predicted molar refractivity (Wildman–Crippen MR) is 115 cm³/mol. The Morgan fingerprint density at radius 3 is 2.42 bits per heavy atom. The number of nitrogens with zero attached hydrogens (tertiary/aromatic N) is 2. The number of nitrogens with one attached hydrogen (secondary N) is 1. The number of methoxy groups -OCH3 is 1. The Balaban J connectivity index is 2.27. The molecule has 0 atom stereocenters. The highest BCUT2D eigenvalue weighted by atomic mass is 32.2. The number of carbonyl (C=O) groups is 2. The minimum atomic E-state index is -4.08. The van der Waals surface area contributed by atoms with Crippen molar-refractivity contribution in [2.45, 2.75) is 18.2 Å². The number of para-hydroxylation sites is 2. The number of rotatable bonds is 9. The molecule has 31 heavy (non-hydrogen) atoms. The maximum Gasteiger partial charge on any atom is 0.254 e. The van der Waals surface area contributed by atoms with Crippen molar-refractivity contribution in [1.82, 2.24) is 9.21 Å². The summed E-state index contributed by atoms with van der Waals surface area (Å²) in [5.74, 6) is -1.51. The maximum atomic E-state index is 14.2. The molecule has 0 aliphatic heterocycles. The third-order valence-electron chi connectivity index (χ3n) is 4.43. The van der Waals surface area contributed by atoms with E-state index in [2.05, 4.69) is 5.32 Å². The van der Waals surface area contributed by atoms with Gasteiger partial charge in [-0.05, 0) is 36.8 Å². The molecule has 0 aliphatic rings. The van der Waals surface area contributed by atoms with Gasteiger partial charge in [-0.1, -0.05) is 19.1 Å². The fraction of sp³-hybridized carbons (Fsp3) is 0.333. The zero-order chi connectivity index (χ0) is 23.2. The summed E-state index contributed by atoms with van der Waals surface area (Å²) in [5.41, 5.74) is 0.431. The number of hydrogen-bond donors (Lipinski definition) is 1. The fourth-order valence-corrected chi connectivity index (χ4v) is 3.83. The summed E-state index contributed by atoms with van der Waals surface area (Å²) >= 11 is 0. The van der Waals surface area contributed by atoms with Crippen LogP contribution in [0.15, 0.2) is 47.4 Å². The molecule has 0 saturated carbocycles. The second-order valence-corrected chi connectivity index (χ2v) is 9.03. The van der Waals surface area contributed by atoms with Gasteiger partial charge in [0, 0.05) is 26.2 Å². The van der Waals surface area contributed by atoms with Crippen LogP contribution in [0.25, 0.3) is 0 Å². The lowest BCUT2D eigenvalue weighted by Gasteiger charge is -2.22. The van der Waals surface area contributed by atoms with Crippen molar-refractivity contribution in [2.75, 3.05) is 39.6 Å². The number of halogens is 1. The fourth-order valence-electron chi connectivity index (χ4n) is 2.85. The van der Waals surface area contributed by atoms with Crippen LogP contribution in [0.3, 0.4) is 0 Å². The molecule has 0 radical (unpaired) electrons. The van der Waals surface area contributed by atoms with Crippen molar-refractivity contribution in [3.8, 4) is 5.75 Å². The maximum absolute atomic E-state index is 14.2. The molecule has 0 aromatic heterocycles. The second kappa shape index (κ2) is 10.4. The highest BCUT2D eigenvalue weighted by molar-refractivity contribution is 7.89. The van der Waals surface area contributed by atoms with Crippen LogP contribution in [-0.4, -0.2) is 63.7 Å². The first-order valence-electron chi connectivity index (χ1n) is 9.56. The third kappa shape index (κ3) is 5.80. The summed E-state index contributed by atoms with van der Waals surface area (Å²) in [7, 11) is -0.0553. The predicted octanol–water partition coefficient (Wildman–Crippen LogP) is 2.58. The lowest BCUT2D eigenvalue weighted by molar-refractivity contribution is -0.116. The average Bonchev–Trinajstić information content (AvgIpc) is 2.73. The van der Waals surface area contributed by atoms with Crippen LogP contribution < -0.4 is 10.1 Å². The highest BCUT2D eigenvalue weighted by Crippen LogP contribution is 2.23. The van der Waals surface area contributed by atoms with Gasteiger partial charge in [0.2, 0.25) is 15.9 Å². The molecule has 2 aromatic rings. The van der Waals surface area contributed by atoms with Crippen molar-refractivity contribution >= 4 is 27.5 Å². The van der Waals surface area contributed by atoms with Crippen molar-refractivity contribution in [3.05, 3.63) is 53.8 Å². The molecule has 8 nitrogen and oxygen atoms in total. The Bertz CT molecular complexity index is 1060. The SMILES string of the molecule is CCCN(CC(=O)Nc1ccccc1OC)C(=O)c1ccc(F)c(S(=O)(=O)N(C)C)c1. The Hall–Kier alpha value is -2.98. The molecule has 0 aliphatic carbocycles. The summed E-state index contributed by atoms with van der Waals surface area (Å²) < 4.78 is 44.9.